The largest absolute Gasteiger partial charge is 0.284 e. The Morgan fingerprint density at radius 2 is 2.11 bits per heavy atom. The van der Waals surface area contributed by atoms with E-state index in [1.54, 1.807) is 18.3 Å². The minimum absolute atomic E-state index is 0.186. The summed E-state index contributed by atoms with van der Waals surface area (Å²) < 4.78 is 0. The van der Waals surface area contributed by atoms with Crippen LogP contribution in [0.4, 0.5) is 0 Å². The lowest BCUT2D eigenvalue weighted by molar-refractivity contribution is 0.0369. The lowest BCUT2D eigenvalue weighted by atomic mass is 10.00. The van der Waals surface area contributed by atoms with Crippen LogP contribution in [0.3, 0.4) is 0 Å². The third kappa shape index (κ3) is 2.82. The van der Waals surface area contributed by atoms with E-state index < -0.39 is 0 Å². The van der Waals surface area contributed by atoms with Gasteiger partial charge in [-0.15, -0.1) is 0 Å². The average Bonchev–Trinajstić information content (AvgIpc) is 2.34. The molecule has 2 heterocycles. The number of nitrogens with zero attached hydrogens (tertiary/aromatic N) is 2. The number of hydrazine groups is 1. The predicted molar refractivity (Wildman–Crippen MR) is 71.3 cm³/mol. The van der Waals surface area contributed by atoms with Crippen LogP contribution in [0.2, 0.25) is 5.15 Å². The van der Waals surface area contributed by atoms with Crippen LogP contribution >= 0.6 is 11.6 Å². The van der Waals surface area contributed by atoms with E-state index in [1.165, 1.54) is 6.42 Å². The van der Waals surface area contributed by atoms with Gasteiger partial charge in [-0.3, -0.25) is 10.2 Å². The molecule has 2 atom stereocenters. The minimum atomic E-state index is -0.186. The van der Waals surface area contributed by atoms with E-state index in [2.05, 4.69) is 24.3 Å². The lowest BCUT2D eigenvalue weighted by Gasteiger charge is -2.38. The van der Waals surface area contributed by atoms with Gasteiger partial charge in [0.15, 0.2) is 0 Å². The first-order valence-corrected chi connectivity index (χ1v) is 6.67. The molecule has 1 N–H and O–H groups in total. The first kappa shape index (κ1) is 13.3. The Morgan fingerprint density at radius 1 is 1.44 bits per heavy atom. The van der Waals surface area contributed by atoms with Gasteiger partial charge in [0, 0.05) is 18.3 Å². The summed E-state index contributed by atoms with van der Waals surface area (Å²) in [7, 11) is 0. The van der Waals surface area contributed by atoms with Gasteiger partial charge in [0.2, 0.25) is 0 Å². The standard InChI is InChI=1S/C13H18ClN3O/c1-9-5-3-6-10(2)17(9)16-13(18)11-7-4-8-15-12(11)14/h4,7-10H,3,5-6H2,1-2H3,(H,16,18). The van der Waals surface area contributed by atoms with Gasteiger partial charge in [-0.25, -0.2) is 9.99 Å². The van der Waals surface area contributed by atoms with Gasteiger partial charge in [-0.2, -0.15) is 0 Å². The highest BCUT2D eigenvalue weighted by atomic mass is 35.5. The summed E-state index contributed by atoms with van der Waals surface area (Å²) in [4.78, 5) is 16.1. The van der Waals surface area contributed by atoms with Crippen molar-refractivity contribution < 1.29 is 4.79 Å². The van der Waals surface area contributed by atoms with Crippen molar-refractivity contribution in [3.8, 4) is 0 Å². The van der Waals surface area contributed by atoms with E-state index in [1.807, 2.05) is 5.01 Å². The van der Waals surface area contributed by atoms with E-state index in [0.717, 1.165) is 12.8 Å². The van der Waals surface area contributed by atoms with Crippen molar-refractivity contribution in [2.45, 2.75) is 45.2 Å². The van der Waals surface area contributed by atoms with Crippen molar-refractivity contribution in [2.75, 3.05) is 0 Å². The second kappa shape index (κ2) is 5.67. The molecule has 18 heavy (non-hydrogen) atoms. The Balaban J connectivity index is 2.09. The molecule has 0 bridgehead atoms. The summed E-state index contributed by atoms with van der Waals surface area (Å²) in [6.45, 7) is 4.25. The van der Waals surface area contributed by atoms with Crippen molar-refractivity contribution >= 4 is 17.5 Å². The Bertz CT molecular complexity index is 428. The number of aromatic nitrogens is 1. The van der Waals surface area contributed by atoms with Gasteiger partial charge in [0.1, 0.15) is 5.15 Å². The molecule has 1 aromatic heterocycles. The molecule has 1 aromatic rings. The third-order valence-corrected chi connectivity index (χ3v) is 3.73. The van der Waals surface area contributed by atoms with Gasteiger partial charge >= 0.3 is 0 Å². The monoisotopic (exact) mass is 267 g/mol. The molecule has 0 radical (unpaired) electrons. The zero-order valence-electron chi connectivity index (χ0n) is 10.7. The number of halogens is 1. The summed E-state index contributed by atoms with van der Waals surface area (Å²) >= 11 is 5.92. The minimum Gasteiger partial charge on any atom is -0.284 e. The van der Waals surface area contributed by atoms with Crippen molar-refractivity contribution in [1.82, 2.24) is 15.4 Å². The molecule has 1 fully saturated rings. The molecule has 0 spiro atoms. The van der Waals surface area contributed by atoms with Crippen molar-refractivity contribution in [2.24, 2.45) is 0 Å². The molecule has 5 heteroatoms. The first-order chi connectivity index (χ1) is 8.59. The Kier molecular flexibility index (Phi) is 4.19. The highest BCUT2D eigenvalue weighted by Gasteiger charge is 2.26. The maximum atomic E-state index is 12.1. The molecule has 2 unspecified atom stereocenters. The Hall–Kier alpha value is -1.13. The zero-order valence-corrected chi connectivity index (χ0v) is 11.4. The number of carbonyl (C=O) groups is 1. The lowest BCUT2D eigenvalue weighted by Crippen LogP contribution is -2.54. The fourth-order valence-corrected chi connectivity index (χ4v) is 2.58. The first-order valence-electron chi connectivity index (χ1n) is 6.29. The summed E-state index contributed by atoms with van der Waals surface area (Å²) in [6, 6.07) is 4.11. The number of piperidine rings is 1. The van der Waals surface area contributed by atoms with Crippen LogP contribution in [0.1, 0.15) is 43.5 Å². The smallest absolute Gasteiger partial charge is 0.268 e. The average molecular weight is 268 g/mol. The number of pyridine rings is 1. The van der Waals surface area contributed by atoms with Crippen LogP contribution in [-0.2, 0) is 0 Å². The molecule has 2 rings (SSSR count). The molecule has 98 valence electrons. The number of nitrogens with one attached hydrogen (secondary N) is 1. The van der Waals surface area contributed by atoms with E-state index in [0.29, 0.717) is 17.6 Å². The molecule has 0 aliphatic carbocycles. The van der Waals surface area contributed by atoms with E-state index in [-0.39, 0.29) is 11.1 Å². The van der Waals surface area contributed by atoms with Crippen molar-refractivity contribution in [1.29, 1.82) is 0 Å². The van der Waals surface area contributed by atoms with Gasteiger partial charge < -0.3 is 0 Å². The Labute approximate surface area is 112 Å². The van der Waals surface area contributed by atoms with Crippen LogP contribution in [0.5, 0.6) is 0 Å². The molecule has 1 aliphatic rings. The molecular formula is C13H18ClN3O. The molecule has 0 saturated carbocycles. The summed E-state index contributed by atoms with van der Waals surface area (Å²) in [5.74, 6) is -0.186. The maximum absolute atomic E-state index is 12.1. The second-order valence-corrected chi connectivity index (χ2v) is 5.18. The number of hydrogen-bond donors (Lipinski definition) is 1. The molecular weight excluding hydrogens is 250 g/mol. The van der Waals surface area contributed by atoms with Crippen LogP contribution < -0.4 is 5.43 Å². The quantitative estimate of drug-likeness (QED) is 0.838. The van der Waals surface area contributed by atoms with Gasteiger partial charge in [0.05, 0.1) is 5.56 Å². The van der Waals surface area contributed by atoms with Crippen molar-refractivity contribution in [3.63, 3.8) is 0 Å². The predicted octanol–water partition coefficient (Wildman–Crippen LogP) is 2.64. The third-order valence-electron chi connectivity index (χ3n) is 3.43. The number of carbonyl (C=O) groups excluding carboxylic acids is 1. The fraction of sp³-hybridized carbons (Fsp3) is 0.538. The van der Waals surface area contributed by atoms with E-state index >= 15 is 0 Å². The van der Waals surface area contributed by atoms with E-state index in [4.69, 9.17) is 11.6 Å². The SMILES string of the molecule is CC1CCCC(C)N1NC(=O)c1cccnc1Cl. The molecule has 0 aromatic carbocycles. The highest BCUT2D eigenvalue weighted by molar-refractivity contribution is 6.32. The van der Waals surface area contributed by atoms with Crippen LogP contribution in [0.25, 0.3) is 0 Å². The molecule has 1 saturated heterocycles. The molecule has 1 aliphatic heterocycles. The normalized spacial score (nSPS) is 24.8. The van der Waals surface area contributed by atoms with Crippen LogP contribution in [0.15, 0.2) is 18.3 Å². The van der Waals surface area contributed by atoms with Gasteiger partial charge in [-0.1, -0.05) is 18.0 Å². The second-order valence-electron chi connectivity index (χ2n) is 4.82. The summed E-state index contributed by atoms with van der Waals surface area (Å²) in [5.41, 5.74) is 3.37. The zero-order chi connectivity index (χ0) is 13.1. The number of hydrogen-bond acceptors (Lipinski definition) is 3. The van der Waals surface area contributed by atoms with E-state index in [9.17, 15) is 4.79 Å². The van der Waals surface area contributed by atoms with Crippen LogP contribution in [-0.4, -0.2) is 28.0 Å². The molecule has 4 nitrogen and oxygen atoms in total. The van der Waals surface area contributed by atoms with Gasteiger partial charge in [0.25, 0.3) is 5.91 Å². The van der Waals surface area contributed by atoms with Gasteiger partial charge in [-0.05, 0) is 38.8 Å². The topological polar surface area (TPSA) is 45.2 Å². The number of rotatable bonds is 2. The Morgan fingerprint density at radius 3 is 2.72 bits per heavy atom. The molecule has 1 amide bonds. The summed E-state index contributed by atoms with van der Waals surface area (Å²) in [5, 5.41) is 2.27. The fourth-order valence-electron chi connectivity index (χ4n) is 2.37. The maximum Gasteiger partial charge on any atom is 0.268 e. The van der Waals surface area contributed by atoms with Crippen LogP contribution in [0, 0.1) is 0 Å². The summed E-state index contributed by atoms with van der Waals surface area (Å²) in [6.07, 6.45) is 4.99. The highest BCUT2D eigenvalue weighted by Crippen LogP contribution is 2.21. The van der Waals surface area contributed by atoms with Crippen molar-refractivity contribution in [3.05, 3.63) is 29.0 Å². The number of amides is 1.